The van der Waals surface area contributed by atoms with Gasteiger partial charge in [0.05, 0.1) is 27.2 Å². The van der Waals surface area contributed by atoms with Crippen molar-refractivity contribution in [1.29, 1.82) is 0 Å². The molecule has 0 radical (unpaired) electrons. The predicted molar refractivity (Wildman–Crippen MR) is 110 cm³/mol. The molecule has 6 heteroatoms. The Hall–Kier alpha value is -2.83. The predicted octanol–water partition coefficient (Wildman–Crippen LogP) is 3.71. The first kappa shape index (κ1) is 19.9. The summed E-state index contributed by atoms with van der Waals surface area (Å²) in [5.41, 5.74) is 1.70. The number of rotatable bonds is 8. The van der Waals surface area contributed by atoms with E-state index in [2.05, 4.69) is 5.32 Å². The first-order valence-corrected chi connectivity index (χ1v) is 9.71. The minimum Gasteiger partial charge on any atom is -0.493 e. The van der Waals surface area contributed by atoms with Gasteiger partial charge in [0.25, 0.3) is 0 Å². The highest BCUT2D eigenvalue weighted by Gasteiger charge is 2.13. The highest BCUT2D eigenvalue weighted by molar-refractivity contribution is 7.12. The van der Waals surface area contributed by atoms with Gasteiger partial charge in [-0.2, -0.15) is 0 Å². The smallest absolute Gasteiger partial charge is 0.224 e. The fourth-order valence-electron chi connectivity index (χ4n) is 2.86. The molecule has 3 rings (SSSR count). The third kappa shape index (κ3) is 4.91. The van der Waals surface area contributed by atoms with E-state index in [-0.39, 0.29) is 12.3 Å². The van der Waals surface area contributed by atoms with Gasteiger partial charge < -0.3 is 19.9 Å². The van der Waals surface area contributed by atoms with Crippen LogP contribution in [0.25, 0.3) is 0 Å². The molecule has 0 fully saturated rings. The van der Waals surface area contributed by atoms with Gasteiger partial charge in [-0.1, -0.05) is 36.4 Å². The van der Waals surface area contributed by atoms with Crippen LogP contribution < -0.4 is 14.8 Å². The van der Waals surface area contributed by atoms with Crippen molar-refractivity contribution in [1.82, 2.24) is 5.32 Å². The van der Waals surface area contributed by atoms with Crippen LogP contribution in [0, 0.1) is 0 Å². The molecule has 0 saturated heterocycles. The molecular weight excluding hydrogens is 374 g/mol. The molecule has 0 unspecified atom stereocenters. The Balaban J connectivity index is 1.56. The van der Waals surface area contributed by atoms with Gasteiger partial charge in [-0.05, 0) is 35.4 Å². The van der Waals surface area contributed by atoms with Crippen molar-refractivity contribution in [3.8, 4) is 11.5 Å². The molecule has 28 heavy (non-hydrogen) atoms. The van der Waals surface area contributed by atoms with Gasteiger partial charge in [-0.3, -0.25) is 4.79 Å². The number of methoxy groups -OCH3 is 2. The molecule has 1 heterocycles. The molecule has 2 N–H and O–H groups in total. The molecule has 5 nitrogen and oxygen atoms in total. The Morgan fingerprint density at radius 2 is 1.79 bits per heavy atom. The van der Waals surface area contributed by atoms with E-state index in [1.165, 1.54) is 11.3 Å². The van der Waals surface area contributed by atoms with Crippen LogP contribution in [-0.4, -0.2) is 25.2 Å². The van der Waals surface area contributed by atoms with Gasteiger partial charge >= 0.3 is 0 Å². The van der Waals surface area contributed by atoms with Crippen molar-refractivity contribution >= 4 is 17.2 Å². The summed E-state index contributed by atoms with van der Waals surface area (Å²) in [5.74, 6) is 1.16. The summed E-state index contributed by atoms with van der Waals surface area (Å²) in [6.45, 7) is 0.429. The average Bonchev–Trinajstić information content (AvgIpc) is 3.21. The van der Waals surface area contributed by atoms with Crippen LogP contribution in [0.4, 0.5) is 0 Å². The molecule has 0 saturated carbocycles. The lowest BCUT2D eigenvalue weighted by Gasteiger charge is -2.10. The molecule has 1 aromatic heterocycles. The molecule has 0 spiro atoms. The summed E-state index contributed by atoms with van der Waals surface area (Å²) in [7, 11) is 3.15. The highest BCUT2D eigenvalue weighted by atomic mass is 32.1. The number of ether oxygens (including phenoxy) is 2. The number of amides is 1. The average molecular weight is 397 g/mol. The number of carbonyl (C=O) groups excluding carboxylic acids is 1. The van der Waals surface area contributed by atoms with Gasteiger partial charge in [0, 0.05) is 9.75 Å². The molecule has 0 aliphatic heterocycles. The summed E-state index contributed by atoms with van der Waals surface area (Å²) >= 11 is 1.49. The van der Waals surface area contributed by atoms with Gasteiger partial charge in [0.15, 0.2) is 11.5 Å². The topological polar surface area (TPSA) is 67.8 Å². The molecule has 2 aromatic carbocycles. The fraction of sp³-hybridized carbons (Fsp3) is 0.227. The molecular formula is C22H23NO4S. The molecule has 3 aromatic rings. The Labute approximate surface area is 168 Å². The standard InChI is InChI=1S/C22H23NO4S/c1-26-18-10-8-15(12-19(18)27-2)13-21(24)23-14-17-9-11-20(28-17)22(25)16-6-4-3-5-7-16/h3-12,22,25H,13-14H2,1-2H3,(H,23,24)/t22-/m0/s1. The summed E-state index contributed by atoms with van der Waals surface area (Å²) in [6.07, 6.45) is -0.395. The zero-order valence-electron chi connectivity index (χ0n) is 15.8. The lowest BCUT2D eigenvalue weighted by molar-refractivity contribution is -0.120. The lowest BCUT2D eigenvalue weighted by Crippen LogP contribution is -2.24. The Morgan fingerprint density at radius 3 is 2.50 bits per heavy atom. The maximum absolute atomic E-state index is 12.3. The van der Waals surface area contributed by atoms with Crippen LogP contribution in [0.2, 0.25) is 0 Å². The maximum Gasteiger partial charge on any atom is 0.224 e. The van der Waals surface area contributed by atoms with Crippen LogP contribution in [0.15, 0.2) is 60.7 Å². The second-order valence-electron chi connectivity index (χ2n) is 6.26. The molecule has 1 amide bonds. The van der Waals surface area contributed by atoms with Gasteiger partial charge in [0.1, 0.15) is 6.10 Å². The van der Waals surface area contributed by atoms with Crippen molar-refractivity contribution in [2.75, 3.05) is 14.2 Å². The van der Waals surface area contributed by atoms with E-state index in [9.17, 15) is 9.90 Å². The second kappa shape index (κ2) is 9.39. The second-order valence-corrected chi connectivity index (χ2v) is 7.46. The first-order chi connectivity index (χ1) is 13.6. The molecule has 0 bridgehead atoms. The number of aliphatic hydroxyl groups is 1. The van der Waals surface area contributed by atoms with Crippen LogP contribution in [0.1, 0.15) is 27.0 Å². The molecule has 1 atom stereocenters. The van der Waals surface area contributed by atoms with Crippen molar-refractivity contribution < 1.29 is 19.4 Å². The number of hydrogen-bond acceptors (Lipinski definition) is 5. The summed E-state index contributed by atoms with van der Waals surface area (Å²) < 4.78 is 10.5. The Morgan fingerprint density at radius 1 is 1.04 bits per heavy atom. The molecule has 0 aliphatic rings. The van der Waals surface area contributed by atoms with E-state index >= 15 is 0 Å². The first-order valence-electron chi connectivity index (χ1n) is 8.90. The number of benzene rings is 2. The van der Waals surface area contributed by atoms with E-state index < -0.39 is 6.10 Å². The van der Waals surface area contributed by atoms with E-state index in [0.717, 1.165) is 20.9 Å². The van der Waals surface area contributed by atoms with Crippen LogP contribution in [-0.2, 0) is 17.8 Å². The van der Waals surface area contributed by atoms with Crippen LogP contribution in [0.3, 0.4) is 0 Å². The summed E-state index contributed by atoms with van der Waals surface area (Å²) in [4.78, 5) is 14.1. The third-order valence-electron chi connectivity index (χ3n) is 4.34. The van der Waals surface area contributed by atoms with Gasteiger partial charge in [-0.25, -0.2) is 0 Å². The SMILES string of the molecule is COc1ccc(CC(=O)NCc2ccc([C@@H](O)c3ccccc3)s2)cc1OC. The fourth-order valence-corrected chi connectivity index (χ4v) is 3.83. The number of carbonyl (C=O) groups is 1. The normalized spacial score (nSPS) is 11.7. The minimum atomic E-state index is -0.651. The quantitative estimate of drug-likeness (QED) is 0.608. The van der Waals surface area contributed by atoms with E-state index in [0.29, 0.717) is 18.0 Å². The number of aliphatic hydroxyl groups excluding tert-OH is 1. The van der Waals surface area contributed by atoms with Crippen molar-refractivity contribution in [2.45, 2.75) is 19.1 Å². The van der Waals surface area contributed by atoms with E-state index in [1.54, 1.807) is 26.4 Å². The summed E-state index contributed by atoms with van der Waals surface area (Å²) in [5, 5.41) is 13.4. The van der Waals surface area contributed by atoms with Crippen LogP contribution in [0.5, 0.6) is 11.5 Å². The summed E-state index contributed by atoms with van der Waals surface area (Å²) in [6, 6.07) is 18.8. The van der Waals surface area contributed by atoms with Crippen molar-refractivity contribution in [2.24, 2.45) is 0 Å². The third-order valence-corrected chi connectivity index (χ3v) is 5.48. The molecule has 0 aliphatic carbocycles. The van der Waals surface area contributed by atoms with E-state index in [1.807, 2.05) is 48.5 Å². The minimum absolute atomic E-state index is 0.0780. The number of hydrogen-bond donors (Lipinski definition) is 2. The maximum atomic E-state index is 12.3. The zero-order chi connectivity index (χ0) is 19.9. The largest absolute Gasteiger partial charge is 0.493 e. The number of thiophene rings is 1. The Bertz CT molecular complexity index is 923. The lowest BCUT2D eigenvalue weighted by atomic mass is 10.1. The van der Waals surface area contributed by atoms with Crippen LogP contribution >= 0.6 is 11.3 Å². The zero-order valence-corrected chi connectivity index (χ0v) is 16.7. The highest BCUT2D eigenvalue weighted by Crippen LogP contribution is 2.29. The number of nitrogens with one attached hydrogen (secondary N) is 1. The van der Waals surface area contributed by atoms with Gasteiger partial charge in [0.2, 0.25) is 5.91 Å². The van der Waals surface area contributed by atoms with E-state index in [4.69, 9.17) is 9.47 Å². The molecule has 146 valence electrons. The van der Waals surface area contributed by atoms with Crippen molar-refractivity contribution in [3.05, 3.63) is 81.5 Å². The monoisotopic (exact) mass is 397 g/mol. The van der Waals surface area contributed by atoms with Gasteiger partial charge in [-0.15, -0.1) is 11.3 Å². The van der Waals surface area contributed by atoms with Crippen molar-refractivity contribution in [3.63, 3.8) is 0 Å². The Kier molecular flexibility index (Phi) is 6.68.